The van der Waals surface area contributed by atoms with Crippen LogP contribution in [0.1, 0.15) is 19.4 Å². The number of halogens is 2. The first-order valence-corrected chi connectivity index (χ1v) is 5.46. The fourth-order valence-electron chi connectivity index (χ4n) is 1.53. The smallest absolute Gasteiger partial charge is 0.307 e. The van der Waals surface area contributed by atoms with E-state index in [4.69, 9.17) is 16.7 Å². The maximum absolute atomic E-state index is 13.2. The Hall–Kier alpha value is -1.09. The molecule has 4 heteroatoms. The monoisotopic (exact) mass is 244 g/mol. The van der Waals surface area contributed by atoms with Gasteiger partial charge >= 0.3 is 5.97 Å². The van der Waals surface area contributed by atoms with Gasteiger partial charge in [0.15, 0.2) is 0 Å². The second-order valence-electron chi connectivity index (χ2n) is 4.14. The zero-order valence-corrected chi connectivity index (χ0v) is 9.96. The molecule has 0 amide bonds. The van der Waals surface area contributed by atoms with Crippen LogP contribution in [0.5, 0.6) is 0 Å². The lowest BCUT2D eigenvalue weighted by Crippen LogP contribution is -2.22. The summed E-state index contributed by atoms with van der Waals surface area (Å²) in [6.45, 7) is 3.68. The van der Waals surface area contributed by atoms with E-state index in [0.717, 1.165) is 0 Å². The fraction of sp³-hybridized carbons (Fsp3) is 0.417. The minimum absolute atomic E-state index is 0.0104. The van der Waals surface area contributed by atoms with Gasteiger partial charge in [0.05, 0.1) is 10.9 Å². The van der Waals surface area contributed by atoms with Crippen LogP contribution < -0.4 is 0 Å². The molecular weight excluding hydrogens is 231 g/mol. The van der Waals surface area contributed by atoms with Crippen molar-refractivity contribution in [1.29, 1.82) is 0 Å². The van der Waals surface area contributed by atoms with E-state index in [-0.39, 0.29) is 10.9 Å². The molecule has 0 aromatic heterocycles. The van der Waals surface area contributed by atoms with Crippen molar-refractivity contribution in [2.45, 2.75) is 20.3 Å². The van der Waals surface area contributed by atoms with E-state index in [1.54, 1.807) is 6.07 Å². The summed E-state index contributed by atoms with van der Waals surface area (Å²) in [5, 5.41) is 9.06. The van der Waals surface area contributed by atoms with E-state index in [1.165, 1.54) is 12.1 Å². The largest absolute Gasteiger partial charge is 0.481 e. The summed E-state index contributed by atoms with van der Waals surface area (Å²) < 4.78 is 13.2. The van der Waals surface area contributed by atoms with Crippen molar-refractivity contribution in [3.8, 4) is 0 Å². The third kappa shape index (κ3) is 3.20. The molecule has 1 rings (SSSR count). The van der Waals surface area contributed by atoms with Gasteiger partial charge < -0.3 is 5.11 Å². The van der Waals surface area contributed by atoms with Gasteiger partial charge in [0, 0.05) is 0 Å². The standard InChI is InChI=1S/C12H14ClFO2/c1-7(2)9(12(15)16)5-8-3-4-10(13)11(14)6-8/h3-4,6-7,9H,5H2,1-2H3,(H,15,16). The van der Waals surface area contributed by atoms with Crippen molar-refractivity contribution >= 4 is 17.6 Å². The number of carboxylic acid groups (broad SMARTS) is 1. The quantitative estimate of drug-likeness (QED) is 0.882. The highest BCUT2D eigenvalue weighted by Crippen LogP contribution is 2.21. The van der Waals surface area contributed by atoms with Crippen molar-refractivity contribution in [3.05, 3.63) is 34.6 Å². The first kappa shape index (κ1) is 13.0. The zero-order valence-electron chi connectivity index (χ0n) is 9.21. The molecule has 16 heavy (non-hydrogen) atoms. The van der Waals surface area contributed by atoms with Gasteiger partial charge in [-0.1, -0.05) is 31.5 Å². The van der Waals surface area contributed by atoms with Gasteiger partial charge in [0.25, 0.3) is 0 Å². The van der Waals surface area contributed by atoms with Crippen LogP contribution in [0.25, 0.3) is 0 Å². The highest BCUT2D eigenvalue weighted by atomic mass is 35.5. The molecule has 1 unspecified atom stereocenters. The van der Waals surface area contributed by atoms with Crippen LogP contribution in [-0.4, -0.2) is 11.1 Å². The molecule has 0 fully saturated rings. The van der Waals surface area contributed by atoms with Crippen LogP contribution in [0.3, 0.4) is 0 Å². The molecule has 1 aromatic carbocycles. The molecular formula is C12H14ClFO2. The van der Waals surface area contributed by atoms with Gasteiger partial charge in [-0.05, 0) is 30.0 Å². The fourth-order valence-corrected chi connectivity index (χ4v) is 1.65. The summed E-state index contributed by atoms with van der Waals surface area (Å²) in [5.41, 5.74) is 0.656. The topological polar surface area (TPSA) is 37.3 Å². The van der Waals surface area contributed by atoms with Crippen molar-refractivity contribution in [3.63, 3.8) is 0 Å². The minimum Gasteiger partial charge on any atom is -0.481 e. The van der Waals surface area contributed by atoms with E-state index in [9.17, 15) is 9.18 Å². The third-order valence-electron chi connectivity index (χ3n) is 2.56. The Kier molecular flexibility index (Phi) is 4.30. The van der Waals surface area contributed by atoms with Crippen molar-refractivity contribution in [1.82, 2.24) is 0 Å². The van der Waals surface area contributed by atoms with E-state index in [0.29, 0.717) is 12.0 Å². The third-order valence-corrected chi connectivity index (χ3v) is 2.87. The maximum atomic E-state index is 13.2. The van der Waals surface area contributed by atoms with E-state index in [2.05, 4.69) is 0 Å². The molecule has 0 heterocycles. The summed E-state index contributed by atoms with van der Waals surface area (Å²) in [7, 11) is 0. The lowest BCUT2D eigenvalue weighted by molar-refractivity contribution is -0.143. The van der Waals surface area contributed by atoms with E-state index < -0.39 is 17.7 Å². The first-order chi connectivity index (χ1) is 7.41. The van der Waals surface area contributed by atoms with E-state index >= 15 is 0 Å². The van der Waals surface area contributed by atoms with Gasteiger partial charge in [0.2, 0.25) is 0 Å². The van der Waals surface area contributed by atoms with Gasteiger partial charge in [-0.15, -0.1) is 0 Å². The molecule has 0 aliphatic carbocycles. The average molecular weight is 245 g/mol. The SMILES string of the molecule is CC(C)C(Cc1ccc(Cl)c(F)c1)C(=O)O. The number of carboxylic acids is 1. The van der Waals surface area contributed by atoms with Crippen molar-refractivity contribution < 1.29 is 14.3 Å². The number of hydrogen-bond donors (Lipinski definition) is 1. The molecule has 1 atom stereocenters. The lowest BCUT2D eigenvalue weighted by atomic mass is 9.89. The molecule has 88 valence electrons. The van der Waals surface area contributed by atoms with Gasteiger partial charge in [0.1, 0.15) is 5.82 Å². The molecule has 0 aliphatic rings. The number of benzene rings is 1. The van der Waals surface area contributed by atoms with Crippen molar-refractivity contribution in [2.24, 2.45) is 11.8 Å². The summed E-state index contributed by atoms with van der Waals surface area (Å²) in [6.07, 6.45) is 0.321. The van der Waals surface area contributed by atoms with Gasteiger partial charge in [-0.3, -0.25) is 4.79 Å². The molecule has 0 spiro atoms. The second-order valence-corrected chi connectivity index (χ2v) is 4.55. The van der Waals surface area contributed by atoms with Crippen LogP contribution in [0.4, 0.5) is 4.39 Å². The number of aliphatic carboxylic acids is 1. The molecule has 0 saturated carbocycles. The van der Waals surface area contributed by atoms with Crippen molar-refractivity contribution in [2.75, 3.05) is 0 Å². The van der Waals surface area contributed by atoms with Crippen LogP contribution in [0, 0.1) is 17.7 Å². The highest BCUT2D eigenvalue weighted by Gasteiger charge is 2.21. The normalized spacial score (nSPS) is 12.8. The average Bonchev–Trinajstić information content (AvgIpc) is 2.18. The number of carbonyl (C=O) groups is 1. The predicted molar refractivity (Wildman–Crippen MR) is 61.1 cm³/mol. The van der Waals surface area contributed by atoms with Gasteiger partial charge in [-0.2, -0.15) is 0 Å². The Labute approximate surface area is 99.0 Å². The molecule has 0 aliphatic heterocycles. The van der Waals surface area contributed by atoms with E-state index in [1.807, 2.05) is 13.8 Å². The van der Waals surface area contributed by atoms with Crippen LogP contribution in [0.15, 0.2) is 18.2 Å². The Bertz CT molecular complexity index is 391. The Morgan fingerprint density at radius 2 is 2.12 bits per heavy atom. The van der Waals surface area contributed by atoms with Crippen LogP contribution in [-0.2, 0) is 11.2 Å². The lowest BCUT2D eigenvalue weighted by Gasteiger charge is -2.16. The highest BCUT2D eigenvalue weighted by molar-refractivity contribution is 6.30. The summed E-state index contributed by atoms with van der Waals surface area (Å²) in [6, 6.07) is 4.40. The predicted octanol–water partition coefficient (Wildman–Crippen LogP) is 3.38. The molecule has 0 bridgehead atoms. The Balaban J connectivity index is 2.86. The summed E-state index contributed by atoms with van der Waals surface area (Å²) in [4.78, 5) is 11.0. The molecule has 0 saturated heterocycles. The molecule has 0 radical (unpaired) electrons. The summed E-state index contributed by atoms with van der Waals surface area (Å²) >= 11 is 5.55. The van der Waals surface area contributed by atoms with Crippen LogP contribution >= 0.6 is 11.6 Å². The molecule has 1 aromatic rings. The Morgan fingerprint density at radius 1 is 1.50 bits per heavy atom. The van der Waals surface area contributed by atoms with Crippen LogP contribution in [0.2, 0.25) is 5.02 Å². The molecule has 1 N–H and O–H groups in total. The number of rotatable bonds is 4. The van der Waals surface area contributed by atoms with Gasteiger partial charge in [-0.25, -0.2) is 4.39 Å². The number of hydrogen-bond acceptors (Lipinski definition) is 1. The second kappa shape index (κ2) is 5.30. The first-order valence-electron chi connectivity index (χ1n) is 5.08. The minimum atomic E-state index is -0.856. The Morgan fingerprint density at radius 3 is 2.56 bits per heavy atom. The zero-order chi connectivity index (χ0) is 12.3. The summed E-state index contributed by atoms with van der Waals surface area (Å²) in [5.74, 6) is -1.85. The maximum Gasteiger partial charge on any atom is 0.307 e. The molecule has 2 nitrogen and oxygen atoms in total.